The molecule has 1 heterocycles. The van der Waals surface area contributed by atoms with E-state index in [1.807, 2.05) is 12.1 Å². The van der Waals surface area contributed by atoms with Gasteiger partial charge in [0, 0.05) is 11.6 Å². The van der Waals surface area contributed by atoms with Crippen LogP contribution in [0.4, 0.5) is 5.69 Å². The number of nitrogens with two attached hydrogens (primary N) is 1. The predicted molar refractivity (Wildman–Crippen MR) is 55.2 cm³/mol. The molecule has 0 fully saturated rings. The van der Waals surface area contributed by atoms with Crippen molar-refractivity contribution in [3.8, 4) is 0 Å². The lowest BCUT2D eigenvalue weighted by atomic mass is 10.1. The van der Waals surface area contributed by atoms with Crippen molar-refractivity contribution in [2.75, 3.05) is 5.73 Å². The topological polar surface area (TPSA) is 80.5 Å². The fourth-order valence-electron chi connectivity index (χ4n) is 2.16. The maximum atomic E-state index is 5.75. The summed E-state index contributed by atoms with van der Waals surface area (Å²) in [5, 5.41) is 14.1. The van der Waals surface area contributed by atoms with Crippen molar-refractivity contribution in [1.29, 1.82) is 0 Å². The fourth-order valence-corrected chi connectivity index (χ4v) is 2.16. The second-order valence-corrected chi connectivity index (χ2v) is 3.90. The van der Waals surface area contributed by atoms with E-state index in [2.05, 4.69) is 26.7 Å². The normalized spacial score (nSPS) is 19.1. The van der Waals surface area contributed by atoms with E-state index < -0.39 is 0 Å². The van der Waals surface area contributed by atoms with Gasteiger partial charge >= 0.3 is 0 Å². The van der Waals surface area contributed by atoms with Gasteiger partial charge in [-0.25, -0.2) is 0 Å². The van der Waals surface area contributed by atoms with Crippen molar-refractivity contribution in [2.45, 2.75) is 18.8 Å². The van der Waals surface area contributed by atoms with Crippen LogP contribution in [-0.2, 0) is 12.8 Å². The number of aromatic amines is 1. The van der Waals surface area contributed by atoms with Gasteiger partial charge in [-0.1, -0.05) is 11.3 Å². The number of tetrazole rings is 1. The van der Waals surface area contributed by atoms with Crippen molar-refractivity contribution in [3.63, 3.8) is 0 Å². The molecule has 0 spiro atoms. The zero-order valence-corrected chi connectivity index (χ0v) is 8.14. The molecule has 1 aromatic carbocycles. The molecule has 1 unspecified atom stereocenters. The minimum absolute atomic E-state index is 0.348. The molecule has 1 aliphatic rings. The summed E-state index contributed by atoms with van der Waals surface area (Å²) < 4.78 is 0. The van der Waals surface area contributed by atoms with Gasteiger partial charge in [0.2, 0.25) is 0 Å². The summed E-state index contributed by atoms with van der Waals surface area (Å²) in [7, 11) is 0. The van der Waals surface area contributed by atoms with Crippen LogP contribution in [0.1, 0.15) is 22.9 Å². The van der Waals surface area contributed by atoms with Crippen molar-refractivity contribution in [1.82, 2.24) is 20.6 Å². The minimum atomic E-state index is 0.348. The van der Waals surface area contributed by atoms with E-state index >= 15 is 0 Å². The average Bonchev–Trinajstić information content (AvgIpc) is 2.84. The molecule has 0 saturated carbocycles. The first kappa shape index (κ1) is 8.40. The van der Waals surface area contributed by atoms with Crippen molar-refractivity contribution in [2.24, 2.45) is 0 Å². The van der Waals surface area contributed by atoms with Crippen LogP contribution in [0.5, 0.6) is 0 Å². The molecule has 76 valence electrons. The first-order valence-electron chi connectivity index (χ1n) is 4.93. The molecule has 1 aromatic heterocycles. The molecule has 2 aromatic rings. The molecule has 5 nitrogen and oxygen atoms in total. The Morgan fingerprint density at radius 1 is 1.27 bits per heavy atom. The third-order valence-corrected chi connectivity index (χ3v) is 2.89. The standard InChI is InChI=1S/C10H11N5/c11-9-2-1-6-3-8(4-7(6)5-9)10-12-14-15-13-10/h1-2,5,8H,3-4,11H2,(H,12,13,14,15). The highest BCUT2D eigenvalue weighted by molar-refractivity contribution is 5.47. The number of H-pyrrole nitrogens is 1. The van der Waals surface area contributed by atoms with Gasteiger partial charge in [0.05, 0.1) is 0 Å². The van der Waals surface area contributed by atoms with E-state index in [1.54, 1.807) is 0 Å². The van der Waals surface area contributed by atoms with Gasteiger partial charge in [-0.3, -0.25) is 0 Å². The van der Waals surface area contributed by atoms with Gasteiger partial charge in [-0.15, -0.1) is 10.2 Å². The van der Waals surface area contributed by atoms with Gasteiger partial charge in [0.15, 0.2) is 5.82 Å². The maximum Gasteiger partial charge on any atom is 0.178 e. The summed E-state index contributed by atoms with van der Waals surface area (Å²) >= 11 is 0. The van der Waals surface area contributed by atoms with Gasteiger partial charge in [0.1, 0.15) is 0 Å². The number of benzene rings is 1. The maximum absolute atomic E-state index is 5.75. The second-order valence-electron chi connectivity index (χ2n) is 3.90. The van der Waals surface area contributed by atoms with Crippen LogP contribution < -0.4 is 5.73 Å². The molecule has 5 heteroatoms. The van der Waals surface area contributed by atoms with Crippen LogP contribution >= 0.6 is 0 Å². The van der Waals surface area contributed by atoms with Crippen LogP contribution in [0.2, 0.25) is 0 Å². The van der Waals surface area contributed by atoms with Crippen LogP contribution in [0.3, 0.4) is 0 Å². The predicted octanol–water partition coefficient (Wildman–Crippen LogP) is 0.664. The van der Waals surface area contributed by atoms with Crippen LogP contribution in [0.25, 0.3) is 0 Å². The molecule has 3 rings (SSSR count). The third-order valence-electron chi connectivity index (χ3n) is 2.89. The Bertz CT molecular complexity index is 477. The highest BCUT2D eigenvalue weighted by atomic mass is 15.5. The molecule has 15 heavy (non-hydrogen) atoms. The van der Waals surface area contributed by atoms with Crippen molar-refractivity contribution >= 4 is 5.69 Å². The Morgan fingerprint density at radius 2 is 2.13 bits per heavy atom. The lowest BCUT2D eigenvalue weighted by molar-refractivity contribution is 0.684. The number of nitrogens with one attached hydrogen (secondary N) is 1. The number of fused-ring (bicyclic) bond motifs is 1. The Morgan fingerprint density at radius 3 is 2.93 bits per heavy atom. The number of anilines is 1. The Kier molecular flexibility index (Phi) is 1.71. The van der Waals surface area contributed by atoms with Gasteiger partial charge in [-0.2, -0.15) is 5.21 Å². The first-order valence-corrected chi connectivity index (χ1v) is 4.93. The highest BCUT2D eigenvalue weighted by Crippen LogP contribution is 2.32. The zero-order chi connectivity index (χ0) is 10.3. The average molecular weight is 201 g/mol. The van der Waals surface area contributed by atoms with Gasteiger partial charge < -0.3 is 5.73 Å². The smallest absolute Gasteiger partial charge is 0.178 e. The summed E-state index contributed by atoms with van der Waals surface area (Å²) in [6.07, 6.45) is 1.94. The van der Waals surface area contributed by atoms with Crippen molar-refractivity contribution in [3.05, 3.63) is 35.2 Å². The number of hydrogen-bond donors (Lipinski definition) is 2. The quantitative estimate of drug-likeness (QED) is 0.664. The highest BCUT2D eigenvalue weighted by Gasteiger charge is 2.25. The summed E-state index contributed by atoms with van der Waals surface area (Å²) in [4.78, 5) is 0. The molecule has 1 aliphatic carbocycles. The van der Waals surface area contributed by atoms with Crippen molar-refractivity contribution < 1.29 is 0 Å². The van der Waals surface area contributed by atoms with E-state index in [9.17, 15) is 0 Å². The molecule has 0 radical (unpaired) electrons. The van der Waals surface area contributed by atoms with Crippen LogP contribution in [-0.4, -0.2) is 20.6 Å². The van der Waals surface area contributed by atoms with Crippen LogP contribution in [0, 0.1) is 0 Å². The van der Waals surface area contributed by atoms with E-state index in [1.165, 1.54) is 11.1 Å². The number of nitrogen functional groups attached to an aromatic ring is 1. The Hall–Kier alpha value is -1.91. The molecule has 0 bridgehead atoms. The molecule has 1 atom stereocenters. The number of rotatable bonds is 1. The number of aromatic nitrogens is 4. The lowest BCUT2D eigenvalue weighted by Gasteiger charge is -1.99. The zero-order valence-electron chi connectivity index (χ0n) is 8.14. The number of hydrogen-bond acceptors (Lipinski definition) is 4. The summed E-state index contributed by atoms with van der Waals surface area (Å²) in [6, 6.07) is 6.07. The molecule has 3 N–H and O–H groups in total. The first-order chi connectivity index (χ1) is 7.33. The van der Waals surface area contributed by atoms with Gasteiger partial charge in [-0.05, 0) is 36.1 Å². The summed E-state index contributed by atoms with van der Waals surface area (Å²) in [5.74, 6) is 1.14. The SMILES string of the molecule is Nc1ccc2c(c1)CC(c1nn[nH]n1)C2. The molecule has 0 aliphatic heterocycles. The minimum Gasteiger partial charge on any atom is -0.399 e. The van der Waals surface area contributed by atoms with E-state index in [0.29, 0.717) is 5.92 Å². The van der Waals surface area contributed by atoms with E-state index in [4.69, 9.17) is 5.73 Å². The molecule has 0 amide bonds. The molecule has 0 saturated heterocycles. The number of nitrogens with zero attached hydrogens (tertiary/aromatic N) is 3. The van der Waals surface area contributed by atoms with E-state index in [0.717, 1.165) is 24.4 Å². The largest absolute Gasteiger partial charge is 0.399 e. The van der Waals surface area contributed by atoms with Crippen LogP contribution in [0.15, 0.2) is 18.2 Å². The second kappa shape index (κ2) is 3.05. The third kappa shape index (κ3) is 1.36. The monoisotopic (exact) mass is 201 g/mol. The molecular formula is C10H11N5. The lowest BCUT2D eigenvalue weighted by Crippen LogP contribution is -2.00. The summed E-state index contributed by atoms with van der Waals surface area (Å²) in [5.41, 5.74) is 9.22. The Labute approximate surface area is 86.7 Å². The molecular weight excluding hydrogens is 190 g/mol. The van der Waals surface area contributed by atoms with Gasteiger partial charge in [0.25, 0.3) is 0 Å². The van der Waals surface area contributed by atoms with E-state index in [-0.39, 0.29) is 0 Å². The summed E-state index contributed by atoms with van der Waals surface area (Å²) in [6.45, 7) is 0. The Balaban J connectivity index is 1.92. The fraction of sp³-hybridized carbons (Fsp3) is 0.300.